The Morgan fingerprint density at radius 3 is 2.83 bits per heavy atom. The van der Waals surface area contributed by atoms with Gasteiger partial charge in [-0.1, -0.05) is 11.6 Å². The fourth-order valence-corrected chi connectivity index (χ4v) is 2.45. The normalized spacial score (nSPS) is 18.2. The van der Waals surface area contributed by atoms with Crippen molar-refractivity contribution in [2.24, 2.45) is 0 Å². The molecule has 0 aliphatic carbocycles. The first-order chi connectivity index (χ1) is 10.9. The fraction of sp³-hybridized carbons (Fsp3) is 0.533. The maximum absolute atomic E-state index is 12.7. The summed E-state index contributed by atoms with van der Waals surface area (Å²) in [4.78, 5) is 11.8. The van der Waals surface area contributed by atoms with Gasteiger partial charge in [-0.15, -0.1) is 0 Å². The van der Waals surface area contributed by atoms with Crippen molar-refractivity contribution in [1.82, 2.24) is 5.32 Å². The van der Waals surface area contributed by atoms with Crippen molar-refractivity contribution in [1.29, 1.82) is 0 Å². The molecular weight excluding hydrogens is 333 g/mol. The lowest BCUT2D eigenvalue weighted by Gasteiger charge is -2.12. The summed E-state index contributed by atoms with van der Waals surface area (Å²) in [6.45, 7) is 1.85. The smallest absolute Gasteiger partial charge is 0.377 e. The molecule has 0 radical (unpaired) electrons. The maximum atomic E-state index is 12.7. The van der Waals surface area contributed by atoms with E-state index in [1.165, 1.54) is 0 Å². The SMILES string of the molecule is O=C(CCNCC1CCCO1)Nc1cc(C(F)(F)F)ccc1Cl. The van der Waals surface area contributed by atoms with Crippen LogP contribution in [0.25, 0.3) is 0 Å². The number of alkyl halides is 3. The quantitative estimate of drug-likeness (QED) is 0.773. The number of hydrogen-bond donors (Lipinski definition) is 2. The molecule has 1 heterocycles. The van der Waals surface area contributed by atoms with Gasteiger partial charge in [0.05, 0.1) is 22.4 Å². The molecule has 1 atom stereocenters. The molecule has 0 aromatic heterocycles. The molecule has 128 valence electrons. The average molecular weight is 351 g/mol. The minimum absolute atomic E-state index is 0.0365. The number of rotatable bonds is 6. The molecule has 1 aliphatic rings. The first-order valence-electron chi connectivity index (χ1n) is 7.35. The Morgan fingerprint density at radius 2 is 2.17 bits per heavy atom. The van der Waals surface area contributed by atoms with E-state index >= 15 is 0 Å². The second kappa shape index (κ2) is 7.99. The minimum atomic E-state index is -4.48. The van der Waals surface area contributed by atoms with Crippen molar-refractivity contribution in [2.75, 3.05) is 25.0 Å². The van der Waals surface area contributed by atoms with Gasteiger partial charge < -0.3 is 15.4 Å². The summed E-state index contributed by atoms with van der Waals surface area (Å²) in [5.41, 5.74) is -0.890. The van der Waals surface area contributed by atoms with Crippen LogP contribution in [0.1, 0.15) is 24.8 Å². The Morgan fingerprint density at radius 1 is 1.39 bits per heavy atom. The number of ether oxygens (including phenoxy) is 1. The van der Waals surface area contributed by atoms with Gasteiger partial charge in [-0.3, -0.25) is 4.79 Å². The standard InChI is InChI=1S/C15H18ClF3N2O2/c16-12-4-3-10(15(17,18)19)8-13(12)21-14(22)5-6-20-9-11-2-1-7-23-11/h3-4,8,11,20H,1-2,5-7,9H2,(H,21,22). The van der Waals surface area contributed by atoms with E-state index in [1.807, 2.05) is 0 Å². The maximum Gasteiger partial charge on any atom is 0.416 e. The van der Waals surface area contributed by atoms with E-state index in [2.05, 4.69) is 10.6 Å². The summed E-state index contributed by atoms with van der Waals surface area (Å²) in [5.74, 6) is -0.397. The van der Waals surface area contributed by atoms with Crippen molar-refractivity contribution in [2.45, 2.75) is 31.5 Å². The molecule has 1 unspecified atom stereocenters. The minimum Gasteiger partial charge on any atom is -0.377 e. The Balaban J connectivity index is 1.80. The summed E-state index contributed by atoms with van der Waals surface area (Å²) in [7, 11) is 0. The number of nitrogens with one attached hydrogen (secondary N) is 2. The van der Waals surface area contributed by atoms with Gasteiger partial charge in [-0.05, 0) is 31.0 Å². The highest BCUT2D eigenvalue weighted by atomic mass is 35.5. The van der Waals surface area contributed by atoms with Gasteiger partial charge in [0.25, 0.3) is 0 Å². The van der Waals surface area contributed by atoms with E-state index in [4.69, 9.17) is 16.3 Å². The second-order valence-electron chi connectivity index (χ2n) is 5.33. The molecule has 0 spiro atoms. The first-order valence-corrected chi connectivity index (χ1v) is 7.73. The van der Waals surface area contributed by atoms with Crippen molar-refractivity contribution >= 4 is 23.2 Å². The summed E-state index contributed by atoms with van der Waals surface area (Å²) in [6.07, 6.45) is -2.12. The number of benzene rings is 1. The topological polar surface area (TPSA) is 50.4 Å². The van der Waals surface area contributed by atoms with Crippen LogP contribution < -0.4 is 10.6 Å². The van der Waals surface area contributed by atoms with Gasteiger partial charge in [0, 0.05) is 26.1 Å². The van der Waals surface area contributed by atoms with Crippen LogP contribution in [0.2, 0.25) is 5.02 Å². The zero-order valence-electron chi connectivity index (χ0n) is 12.4. The van der Waals surface area contributed by atoms with E-state index in [0.717, 1.165) is 37.6 Å². The van der Waals surface area contributed by atoms with Crippen molar-refractivity contribution in [3.8, 4) is 0 Å². The number of hydrogen-bond acceptors (Lipinski definition) is 3. The summed E-state index contributed by atoms with van der Waals surface area (Å²) >= 11 is 5.82. The van der Waals surface area contributed by atoms with E-state index in [-0.39, 0.29) is 23.2 Å². The van der Waals surface area contributed by atoms with Gasteiger partial charge in [0.1, 0.15) is 0 Å². The molecule has 2 rings (SSSR count). The molecule has 1 saturated heterocycles. The third-order valence-electron chi connectivity index (χ3n) is 3.49. The predicted octanol–water partition coefficient (Wildman–Crippen LogP) is 3.46. The zero-order chi connectivity index (χ0) is 16.9. The lowest BCUT2D eigenvalue weighted by molar-refractivity contribution is -0.137. The van der Waals surface area contributed by atoms with Gasteiger partial charge in [-0.25, -0.2) is 0 Å². The molecule has 4 nitrogen and oxygen atoms in total. The van der Waals surface area contributed by atoms with Crippen molar-refractivity contribution in [3.63, 3.8) is 0 Å². The summed E-state index contributed by atoms with van der Waals surface area (Å²) < 4.78 is 43.4. The largest absolute Gasteiger partial charge is 0.416 e. The van der Waals surface area contributed by atoms with Crippen molar-refractivity contribution < 1.29 is 22.7 Å². The van der Waals surface area contributed by atoms with E-state index < -0.39 is 17.6 Å². The molecule has 23 heavy (non-hydrogen) atoms. The van der Waals surface area contributed by atoms with Crippen LogP contribution in [-0.2, 0) is 15.7 Å². The Hall–Kier alpha value is -1.31. The number of anilines is 1. The van der Waals surface area contributed by atoms with E-state index in [1.54, 1.807) is 0 Å². The highest BCUT2D eigenvalue weighted by Gasteiger charge is 2.31. The summed E-state index contributed by atoms with van der Waals surface area (Å²) in [6, 6.07) is 2.83. The predicted molar refractivity (Wildman–Crippen MR) is 81.5 cm³/mol. The number of carbonyl (C=O) groups excluding carboxylic acids is 1. The fourth-order valence-electron chi connectivity index (χ4n) is 2.28. The van der Waals surface area contributed by atoms with Crippen molar-refractivity contribution in [3.05, 3.63) is 28.8 Å². The number of carbonyl (C=O) groups is 1. The molecule has 0 saturated carbocycles. The molecule has 1 amide bonds. The Bertz CT molecular complexity index is 546. The molecule has 1 aliphatic heterocycles. The van der Waals surface area contributed by atoms with Crippen LogP contribution in [0, 0.1) is 0 Å². The van der Waals surface area contributed by atoms with E-state index in [0.29, 0.717) is 13.1 Å². The van der Waals surface area contributed by atoms with Gasteiger partial charge >= 0.3 is 6.18 Å². The van der Waals surface area contributed by atoms with Crippen LogP contribution >= 0.6 is 11.6 Å². The van der Waals surface area contributed by atoms with Gasteiger partial charge in [0.2, 0.25) is 5.91 Å². The molecule has 8 heteroatoms. The molecule has 2 N–H and O–H groups in total. The number of halogens is 4. The average Bonchev–Trinajstić information content (AvgIpc) is 2.98. The molecule has 1 aromatic carbocycles. The lowest BCUT2D eigenvalue weighted by atomic mass is 10.2. The highest BCUT2D eigenvalue weighted by Crippen LogP contribution is 2.33. The third kappa shape index (κ3) is 5.67. The van der Waals surface area contributed by atoms with Crippen LogP contribution in [0.3, 0.4) is 0 Å². The van der Waals surface area contributed by atoms with Gasteiger partial charge in [-0.2, -0.15) is 13.2 Å². The molecular formula is C15H18ClF3N2O2. The van der Waals surface area contributed by atoms with Crippen LogP contribution in [0.4, 0.5) is 18.9 Å². The zero-order valence-corrected chi connectivity index (χ0v) is 13.1. The highest BCUT2D eigenvalue weighted by molar-refractivity contribution is 6.33. The number of amides is 1. The van der Waals surface area contributed by atoms with Crippen LogP contribution in [0.5, 0.6) is 0 Å². The monoisotopic (exact) mass is 350 g/mol. The lowest BCUT2D eigenvalue weighted by Crippen LogP contribution is -2.29. The molecule has 1 fully saturated rings. The van der Waals surface area contributed by atoms with Gasteiger partial charge in [0.15, 0.2) is 0 Å². The van der Waals surface area contributed by atoms with Crippen LogP contribution in [-0.4, -0.2) is 31.7 Å². The van der Waals surface area contributed by atoms with E-state index in [9.17, 15) is 18.0 Å². The summed E-state index contributed by atoms with van der Waals surface area (Å²) in [5, 5.41) is 5.57. The van der Waals surface area contributed by atoms with Crippen LogP contribution in [0.15, 0.2) is 18.2 Å². The molecule has 1 aromatic rings. The molecule has 0 bridgehead atoms. The first kappa shape index (κ1) is 18.0. The Labute approximate surface area is 137 Å². The second-order valence-corrected chi connectivity index (χ2v) is 5.74. The third-order valence-corrected chi connectivity index (χ3v) is 3.82. The Kier molecular flexibility index (Phi) is 6.26.